The van der Waals surface area contributed by atoms with Crippen LogP contribution in [-0.4, -0.2) is 83.1 Å². The van der Waals surface area contributed by atoms with Crippen molar-refractivity contribution in [2.45, 2.75) is 83.0 Å². The number of aliphatic carboxylic acids is 2. The van der Waals surface area contributed by atoms with E-state index in [1.807, 2.05) is 0 Å². The predicted molar refractivity (Wildman–Crippen MR) is 136 cm³/mol. The maximum Gasteiger partial charge on any atom is 0.326 e. The van der Waals surface area contributed by atoms with Crippen molar-refractivity contribution in [1.29, 1.82) is 0 Å². The average molecular weight is 531 g/mol. The largest absolute Gasteiger partial charge is 0.481 e. The van der Waals surface area contributed by atoms with Crippen LogP contribution in [0.15, 0.2) is 4.99 Å². The third kappa shape index (κ3) is 14.6. The van der Waals surface area contributed by atoms with Crippen molar-refractivity contribution in [2.24, 2.45) is 33.8 Å². The lowest BCUT2D eigenvalue weighted by Gasteiger charge is -2.25. The van der Waals surface area contributed by atoms with Crippen molar-refractivity contribution in [3.8, 4) is 0 Å². The van der Waals surface area contributed by atoms with Crippen molar-refractivity contribution in [3.05, 3.63) is 0 Å². The quantitative estimate of drug-likeness (QED) is 0.0480. The molecule has 0 aromatic heterocycles. The number of hydrogen-bond acceptors (Lipinski definition) is 8. The molecule has 15 nitrogen and oxygen atoms in total. The van der Waals surface area contributed by atoms with Gasteiger partial charge in [0.1, 0.15) is 18.1 Å². The molecule has 13 N–H and O–H groups in total. The van der Waals surface area contributed by atoms with Gasteiger partial charge in [0.05, 0.1) is 6.04 Å². The van der Waals surface area contributed by atoms with Crippen LogP contribution in [0.2, 0.25) is 0 Å². The monoisotopic (exact) mass is 530 g/mol. The van der Waals surface area contributed by atoms with E-state index in [9.17, 15) is 29.1 Å². The number of hydrogen-bond donors (Lipinski definition) is 9. The number of nitrogens with two attached hydrogens (primary N) is 4. The van der Waals surface area contributed by atoms with E-state index in [0.29, 0.717) is 25.8 Å². The first-order valence-corrected chi connectivity index (χ1v) is 12.2. The van der Waals surface area contributed by atoms with E-state index in [1.165, 1.54) is 0 Å². The fourth-order valence-corrected chi connectivity index (χ4v) is 3.17. The summed E-state index contributed by atoms with van der Waals surface area (Å²) >= 11 is 0. The fourth-order valence-electron chi connectivity index (χ4n) is 3.17. The highest BCUT2D eigenvalue weighted by atomic mass is 16.4. The molecule has 0 aromatic carbocycles. The van der Waals surface area contributed by atoms with Crippen molar-refractivity contribution >= 4 is 35.6 Å². The molecule has 15 heteroatoms. The molecule has 0 aliphatic rings. The number of unbranched alkanes of at least 4 members (excludes halogenated alkanes) is 1. The zero-order valence-electron chi connectivity index (χ0n) is 21.4. The fraction of sp³-hybridized carbons (Fsp3) is 0.727. The summed E-state index contributed by atoms with van der Waals surface area (Å²) in [5.74, 6) is -5.07. The normalized spacial score (nSPS) is 14.1. The van der Waals surface area contributed by atoms with Crippen LogP contribution in [0, 0.1) is 5.92 Å². The van der Waals surface area contributed by atoms with E-state index in [2.05, 4.69) is 20.9 Å². The molecule has 0 bridgehead atoms. The van der Waals surface area contributed by atoms with Crippen molar-refractivity contribution < 1.29 is 34.2 Å². The Morgan fingerprint density at radius 3 is 1.78 bits per heavy atom. The lowest BCUT2D eigenvalue weighted by atomic mass is 10.0. The maximum atomic E-state index is 13.1. The van der Waals surface area contributed by atoms with Crippen molar-refractivity contribution in [1.82, 2.24) is 16.0 Å². The number of carbonyl (C=O) groups is 5. The average Bonchev–Trinajstić information content (AvgIpc) is 2.81. The molecule has 0 fully saturated rings. The lowest BCUT2D eigenvalue weighted by molar-refractivity contribution is -0.143. The molecule has 0 aromatic rings. The van der Waals surface area contributed by atoms with E-state index in [4.69, 9.17) is 28.0 Å². The Morgan fingerprint density at radius 1 is 0.784 bits per heavy atom. The van der Waals surface area contributed by atoms with Gasteiger partial charge in [-0.1, -0.05) is 13.8 Å². The Labute approximate surface area is 216 Å². The van der Waals surface area contributed by atoms with E-state index in [1.54, 1.807) is 13.8 Å². The van der Waals surface area contributed by atoms with Crippen LogP contribution in [0.3, 0.4) is 0 Å². The predicted octanol–water partition coefficient (Wildman–Crippen LogP) is -2.44. The van der Waals surface area contributed by atoms with Gasteiger partial charge in [-0.05, 0) is 51.0 Å². The first kappa shape index (κ1) is 33.5. The summed E-state index contributed by atoms with van der Waals surface area (Å²) in [4.78, 5) is 64.9. The third-order valence-electron chi connectivity index (χ3n) is 5.44. The Balaban J connectivity index is 5.64. The number of guanidine groups is 1. The molecule has 0 radical (unpaired) electrons. The molecular formula is C22H42N8O7. The highest BCUT2D eigenvalue weighted by Gasteiger charge is 2.30. The maximum absolute atomic E-state index is 13.1. The molecule has 0 aliphatic heterocycles. The Bertz CT molecular complexity index is 802. The zero-order valence-corrected chi connectivity index (χ0v) is 21.4. The van der Waals surface area contributed by atoms with Gasteiger partial charge in [0.25, 0.3) is 0 Å². The molecule has 0 heterocycles. The van der Waals surface area contributed by atoms with E-state index < -0.39 is 60.2 Å². The number of rotatable bonds is 19. The molecule has 212 valence electrons. The minimum Gasteiger partial charge on any atom is -0.481 e. The van der Waals surface area contributed by atoms with Gasteiger partial charge < -0.3 is 49.1 Å². The van der Waals surface area contributed by atoms with Gasteiger partial charge in [0.15, 0.2) is 5.96 Å². The number of carbonyl (C=O) groups excluding carboxylic acids is 3. The second kappa shape index (κ2) is 17.9. The topological polar surface area (TPSA) is 278 Å². The van der Waals surface area contributed by atoms with Crippen LogP contribution in [0.5, 0.6) is 0 Å². The van der Waals surface area contributed by atoms with Crippen LogP contribution < -0.4 is 38.9 Å². The summed E-state index contributed by atoms with van der Waals surface area (Å²) in [6.45, 7) is 3.99. The Morgan fingerprint density at radius 2 is 1.30 bits per heavy atom. The van der Waals surface area contributed by atoms with E-state index in [-0.39, 0.29) is 37.7 Å². The van der Waals surface area contributed by atoms with Crippen molar-refractivity contribution in [3.63, 3.8) is 0 Å². The first-order chi connectivity index (χ1) is 17.3. The molecule has 4 atom stereocenters. The molecule has 37 heavy (non-hydrogen) atoms. The molecule has 0 saturated heterocycles. The van der Waals surface area contributed by atoms with Gasteiger partial charge >= 0.3 is 11.9 Å². The molecule has 0 spiro atoms. The number of nitrogens with zero attached hydrogens (tertiary/aromatic N) is 1. The molecule has 4 unspecified atom stereocenters. The van der Waals surface area contributed by atoms with Gasteiger partial charge in [-0.25, -0.2) is 4.79 Å². The van der Waals surface area contributed by atoms with Gasteiger partial charge in [-0.15, -0.1) is 0 Å². The minimum absolute atomic E-state index is 0.0866. The minimum atomic E-state index is -1.36. The van der Waals surface area contributed by atoms with Crippen molar-refractivity contribution in [2.75, 3.05) is 13.1 Å². The highest BCUT2D eigenvalue weighted by Crippen LogP contribution is 2.07. The van der Waals surface area contributed by atoms with Crippen LogP contribution in [0.1, 0.15) is 58.8 Å². The molecular weight excluding hydrogens is 488 g/mol. The standard InChI is InChI=1S/C22H42N8O7/c1-12(2)17(24)20(35)29-13(7-5-11-27-22(25)26)18(33)28-14(8-9-16(31)32)19(34)30-15(21(36)37)6-3-4-10-23/h12-15,17H,3-11,23-24H2,1-2H3,(H,28,33)(H,29,35)(H,30,34)(H,31,32)(H,36,37)(H4,25,26,27). The molecule has 0 aliphatic carbocycles. The summed E-state index contributed by atoms with van der Waals surface area (Å²) in [6.07, 6.45) is 0.711. The van der Waals surface area contributed by atoms with E-state index in [0.717, 1.165) is 0 Å². The first-order valence-electron chi connectivity index (χ1n) is 12.2. The third-order valence-corrected chi connectivity index (χ3v) is 5.44. The van der Waals surface area contributed by atoms with Crippen LogP contribution >= 0.6 is 0 Å². The number of nitrogens with one attached hydrogen (secondary N) is 3. The smallest absolute Gasteiger partial charge is 0.326 e. The number of amides is 3. The summed E-state index contributed by atoms with van der Waals surface area (Å²) in [5, 5.41) is 25.8. The number of aliphatic imine (C=N–C) groups is 1. The SMILES string of the molecule is CC(C)C(N)C(=O)NC(CCCN=C(N)N)C(=O)NC(CCC(=O)O)C(=O)NC(CCCCN)C(=O)O. The van der Waals surface area contributed by atoms with Gasteiger partial charge in [0.2, 0.25) is 17.7 Å². The Kier molecular flexibility index (Phi) is 16.2. The summed E-state index contributed by atoms with van der Waals surface area (Å²) in [5.41, 5.74) is 21.9. The molecule has 3 amide bonds. The molecule has 0 saturated carbocycles. The highest BCUT2D eigenvalue weighted by molar-refractivity contribution is 5.94. The Hall–Kier alpha value is -3.46. The second-order valence-electron chi connectivity index (χ2n) is 8.96. The van der Waals surface area contributed by atoms with Crippen LogP contribution in [0.4, 0.5) is 0 Å². The molecule has 0 rings (SSSR count). The number of carboxylic acids is 2. The lowest BCUT2D eigenvalue weighted by Crippen LogP contribution is -2.57. The second-order valence-corrected chi connectivity index (χ2v) is 8.96. The van der Waals surface area contributed by atoms with Gasteiger partial charge in [-0.2, -0.15) is 0 Å². The van der Waals surface area contributed by atoms with Gasteiger partial charge in [-0.3, -0.25) is 24.2 Å². The number of carboxylic acid groups (broad SMARTS) is 2. The zero-order chi connectivity index (χ0) is 28.5. The van der Waals surface area contributed by atoms with E-state index >= 15 is 0 Å². The summed E-state index contributed by atoms with van der Waals surface area (Å²) < 4.78 is 0. The van der Waals surface area contributed by atoms with Crippen LogP contribution in [-0.2, 0) is 24.0 Å². The summed E-state index contributed by atoms with van der Waals surface area (Å²) in [6, 6.07) is -4.64. The van der Waals surface area contributed by atoms with Gasteiger partial charge in [0, 0.05) is 13.0 Å². The van der Waals surface area contributed by atoms with Crippen LogP contribution in [0.25, 0.3) is 0 Å². The summed E-state index contributed by atoms with van der Waals surface area (Å²) in [7, 11) is 0.